The Morgan fingerprint density at radius 1 is 1.14 bits per heavy atom. The molecule has 1 rings (SSSR count). The lowest BCUT2D eigenvalue weighted by Crippen LogP contribution is -2.16. The molecule has 0 fully saturated rings. The normalized spacial score (nSPS) is 12.2. The maximum absolute atomic E-state index is 12.0. The van der Waals surface area contributed by atoms with Crippen LogP contribution in [0.1, 0.15) is 55.8 Å². The molecule has 0 radical (unpaired) electrons. The van der Waals surface area contributed by atoms with E-state index in [-0.39, 0.29) is 12.1 Å². The van der Waals surface area contributed by atoms with Crippen molar-refractivity contribution in [3.05, 3.63) is 48.0 Å². The molecule has 0 saturated carbocycles. The van der Waals surface area contributed by atoms with Crippen LogP contribution in [0.25, 0.3) is 0 Å². The number of aldehydes is 1. The van der Waals surface area contributed by atoms with Crippen LogP contribution in [0.3, 0.4) is 0 Å². The van der Waals surface area contributed by atoms with Gasteiger partial charge in [-0.3, -0.25) is 4.79 Å². The number of rotatable bonds is 10. The number of ether oxygens (including phenoxy) is 1. The van der Waals surface area contributed by atoms with Gasteiger partial charge >= 0.3 is 5.97 Å². The highest BCUT2D eigenvalue weighted by atomic mass is 16.5. The van der Waals surface area contributed by atoms with Gasteiger partial charge in [0.2, 0.25) is 0 Å². The van der Waals surface area contributed by atoms with Gasteiger partial charge < -0.3 is 4.74 Å². The van der Waals surface area contributed by atoms with E-state index in [9.17, 15) is 9.59 Å². The van der Waals surface area contributed by atoms with Gasteiger partial charge in [-0.05, 0) is 37.1 Å². The van der Waals surface area contributed by atoms with Crippen LogP contribution in [-0.2, 0) is 9.53 Å². The third-order valence-corrected chi connectivity index (χ3v) is 3.26. The van der Waals surface area contributed by atoms with Crippen LogP contribution in [0.15, 0.2) is 42.5 Å². The molecule has 1 aromatic rings. The first-order valence-corrected chi connectivity index (χ1v) is 7.66. The fourth-order valence-electron chi connectivity index (χ4n) is 2.09. The lowest BCUT2D eigenvalue weighted by molar-refractivity contribution is -0.104. The molecule has 0 saturated heterocycles. The first-order chi connectivity index (χ1) is 10.3. The monoisotopic (exact) mass is 288 g/mol. The molecule has 0 spiro atoms. The summed E-state index contributed by atoms with van der Waals surface area (Å²) >= 11 is 0. The van der Waals surface area contributed by atoms with Crippen molar-refractivity contribution in [1.29, 1.82) is 0 Å². The van der Waals surface area contributed by atoms with Gasteiger partial charge in [-0.1, -0.05) is 50.8 Å². The SMILES string of the molecule is CCCCCCC[C@@H](/C=C/C=O)OC(=O)c1ccccc1. The minimum Gasteiger partial charge on any atom is -0.455 e. The number of unbranched alkanes of at least 4 members (excludes halogenated alkanes) is 4. The Morgan fingerprint density at radius 2 is 1.86 bits per heavy atom. The molecule has 1 aromatic carbocycles. The number of allylic oxidation sites excluding steroid dienone is 1. The third kappa shape index (κ3) is 7.45. The van der Waals surface area contributed by atoms with Crippen molar-refractivity contribution in [1.82, 2.24) is 0 Å². The highest BCUT2D eigenvalue weighted by molar-refractivity contribution is 5.89. The number of carbonyl (C=O) groups excluding carboxylic acids is 2. The average molecular weight is 288 g/mol. The smallest absolute Gasteiger partial charge is 0.338 e. The second-order valence-corrected chi connectivity index (χ2v) is 5.03. The van der Waals surface area contributed by atoms with Crippen molar-refractivity contribution in [2.45, 2.75) is 51.6 Å². The molecule has 0 bridgehead atoms. The Bertz CT molecular complexity index is 437. The van der Waals surface area contributed by atoms with Crippen LogP contribution in [0.5, 0.6) is 0 Å². The summed E-state index contributed by atoms with van der Waals surface area (Å²) in [7, 11) is 0. The van der Waals surface area contributed by atoms with E-state index >= 15 is 0 Å². The zero-order valence-corrected chi connectivity index (χ0v) is 12.7. The van der Waals surface area contributed by atoms with Gasteiger partial charge in [-0.15, -0.1) is 0 Å². The Kier molecular flexibility index (Phi) is 8.85. The summed E-state index contributed by atoms with van der Waals surface area (Å²) in [6.07, 6.45) is 9.96. The highest BCUT2D eigenvalue weighted by Crippen LogP contribution is 2.13. The van der Waals surface area contributed by atoms with E-state index in [2.05, 4.69) is 6.92 Å². The topological polar surface area (TPSA) is 43.4 Å². The molecule has 3 heteroatoms. The van der Waals surface area contributed by atoms with Crippen molar-refractivity contribution < 1.29 is 14.3 Å². The predicted molar refractivity (Wildman–Crippen MR) is 84.2 cm³/mol. The second-order valence-electron chi connectivity index (χ2n) is 5.03. The largest absolute Gasteiger partial charge is 0.455 e. The molecule has 1 atom stereocenters. The quantitative estimate of drug-likeness (QED) is 0.278. The molecule has 114 valence electrons. The number of esters is 1. The van der Waals surface area contributed by atoms with Gasteiger partial charge in [-0.2, -0.15) is 0 Å². The fourth-order valence-corrected chi connectivity index (χ4v) is 2.09. The molecule has 0 aromatic heterocycles. The van der Waals surface area contributed by atoms with Gasteiger partial charge in [-0.25, -0.2) is 4.79 Å². The molecule has 21 heavy (non-hydrogen) atoms. The summed E-state index contributed by atoms with van der Waals surface area (Å²) in [6, 6.07) is 8.91. The summed E-state index contributed by atoms with van der Waals surface area (Å²) < 4.78 is 5.46. The highest BCUT2D eigenvalue weighted by Gasteiger charge is 2.13. The van der Waals surface area contributed by atoms with E-state index < -0.39 is 0 Å². The van der Waals surface area contributed by atoms with E-state index in [1.807, 2.05) is 6.07 Å². The first-order valence-electron chi connectivity index (χ1n) is 7.66. The second kappa shape index (κ2) is 10.8. The van der Waals surface area contributed by atoms with Crippen LogP contribution in [0.2, 0.25) is 0 Å². The van der Waals surface area contributed by atoms with Gasteiger partial charge in [0.25, 0.3) is 0 Å². The Hall–Kier alpha value is -1.90. The average Bonchev–Trinajstić information content (AvgIpc) is 2.52. The molecular weight excluding hydrogens is 264 g/mol. The van der Waals surface area contributed by atoms with Crippen LogP contribution < -0.4 is 0 Å². The van der Waals surface area contributed by atoms with Crippen LogP contribution in [0, 0.1) is 0 Å². The Balaban J connectivity index is 2.47. The number of carbonyl (C=O) groups is 2. The minimum absolute atomic E-state index is 0.329. The summed E-state index contributed by atoms with van der Waals surface area (Å²) in [5.41, 5.74) is 0.535. The van der Waals surface area contributed by atoms with E-state index in [4.69, 9.17) is 4.74 Å². The first kappa shape index (κ1) is 17.2. The number of hydrogen-bond donors (Lipinski definition) is 0. The number of hydrogen-bond acceptors (Lipinski definition) is 3. The molecular formula is C18H24O3. The molecule has 0 aliphatic heterocycles. The van der Waals surface area contributed by atoms with Crippen LogP contribution >= 0.6 is 0 Å². The van der Waals surface area contributed by atoms with Crippen molar-refractivity contribution in [3.63, 3.8) is 0 Å². The van der Waals surface area contributed by atoms with Crippen molar-refractivity contribution in [2.75, 3.05) is 0 Å². The Morgan fingerprint density at radius 3 is 2.52 bits per heavy atom. The van der Waals surface area contributed by atoms with E-state index in [0.717, 1.165) is 19.3 Å². The minimum atomic E-state index is -0.343. The number of benzene rings is 1. The Labute approximate surface area is 127 Å². The zero-order valence-electron chi connectivity index (χ0n) is 12.7. The van der Waals surface area contributed by atoms with E-state index in [0.29, 0.717) is 11.8 Å². The van der Waals surface area contributed by atoms with Gasteiger partial charge in [0.1, 0.15) is 12.4 Å². The molecule has 0 aliphatic rings. The van der Waals surface area contributed by atoms with Crippen LogP contribution in [0.4, 0.5) is 0 Å². The maximum atomic E-state index is 12.0. The predicted octanol–water partition coefficient (Wildman–Crippen LogP) is 4.33. The summed E-state index contributed by atoms with van der Waals surface area (Å²) in [4.78, 5) is 22.5. The summed E-state index contributed by atoms with van der Waals surface area (Å²) in [5.74, 6) is -0.343. The van der Waals surface area contributed by atoms with Gasteiger partial charge in [0.05, 0.1) is 5.56 Å². The van der Waals surface area contributed by atoms with Gasteiger partial charge in [0.15, 0.2) is 0 Å². The molecule has 0 unspecified atom stereocenters. The molecule has 0 aliphatic carbocycles. The van der Waals surface area contributed by atoms with E-state index in [1.165, 1.54) is 25.3 Å². The molecule has 0 amide bonds. The lowest BCUT2D eigenvalue weighted by atomic mass is 10.1. The summed E-state index contributed by atoms with van der Waals surface area (Å²) in [6.45, 7) is 2.18. The van der Waals surface area contributed by atoms with Crippen molar-refractivity contribution in [3.8, 4) is 0 Å². The molecule has 0 heterocycles. The van der Waals surface area contributed by atoms with Crippen LogP contribution in [-0.4, -0.2) is 18.4 Å². The maximum Gasteiger partial charge on any atom is 0.338 e. The summed E-state index contributed by atoms with van der Waals surface area (Å²) in [5, 5.41) is 0. The van der Waals surface area contributed by atoms with Crippen molar-refractivity contribution >= 4 is 12.3 Å². The third-order valence-electron chi connectivity index (χ3n) is 3.26. The standard InChI is InChI=1S/C18H24O3/c1-2-3-4-5-9-13-17(14-10-15-19)21-18(20)16-11-7-6-8-12-16/h6-8,10-12,14-15,17H,2-5,9,13H2,1H3/b14-10+/t17-/m0/s1. The van der Waals surface area contributed by atoms with Crippen molar-refractivity contribution in [2.24, 2.45) is 0 Å². The lowest BCUT2D eigenvalue weighted by Gasteiger charge is -2.14. The van der Waals surface area contributed by atoms with E-state index in [1.54, 1.807) is 30.3 Å². The molecule has 3 nitrogen and oxygen atoms in total. The fraction of sp³-hybridized carbons (Fsp3) is 0.444. The van der Waals surface area contributed by atoms with Gasteiger partial charge in [0, 0.05) is 0 Å². The zero-order chi connectivity index (χ0) is 15.3. The molecule has 0 N–H and O–H groups in total.